The number of pyridine rings is 1. The van der Waals surface area contributed by atoms with Crippen molar-refractivity contribution in [2.75, 3.05) is 37.8 Å². The van der Waals surface area contributed by atoms with Crippen molar-refractivity contribution < 1.29 is 13.5 Å². The zero-order valence-corrected chi connectivity index (χ0v) is 20.6. The number of hydrogen-bond donors (Lipinski definition) is 1. The first kappa shape index (κ1) is 23.0. The molecule has 0 spiro atoms. The van der Waals surface area contributed by atoms with E-state index in [4.69, 9.17) is 15.5 Å². The van der Waals surface area contributed by atoms with Crippen LogP contribution in [0.4, 0.5) is 19.7 Å². The number of hydrogen-bond acceptors (Lipinski definition) is 9. The van der Waals surface area contributed by atoms with Gasteiger partial charge >= 0.3 is 0 Å². The van der Waals surface area contributed by atoms with Gasteiger partial charge in [0.2, 0.25) is 5.95 Å². The highest BCUT2D eigenvalue weighted by molar-refractivity contribution is 7.23. The van der Waals surface area contributed by atoms with Crippen LogP contribution in [0.25, 0.3) is 32.2 Å². The van der Waals surface area contributed by atoms with Gasteiger partial charge < -0.3 is 20.3 Å². The second-order valence-corrected chi connectivity index (χ2v) is 10.5. The van der Waals surface area contributed by atoms with Gasteiger partial charge in [0.25, 0.3) is 0 Å². The van der Waals surface area contributed by atoms with Gasteiger partial charge in [-0.05, 0) is 38.1 Å². The van der Waals surface area contributed by atoms with Gasteiger partial charge in [-0.3, -0.25) is 4.98 Å². The lowest BCUT2D eigenvalue weighted by molar-refractivity contribution is 0.135. The minimum Gasteiger partial charge on any atom is -0.389 e. The molecule has 0 saturated carbocycles. The molecule has 1 saturated heterocycles. The summed E-state index contributed by atoms with van der Waals surface area (Å²) in [6.45, 7) is 2.09. The van der Waals surface area contributed by atoms with Gasteiger partial charge in [0.1, 0.15) is 16.6 Å². The van der Waals surface area contributed by atoms with E-state index >= 15 is 4.39 Å². The van der Waals surface area contributed by atoms with E-state index in [1.165, 1.54) is 0 Å². The van der Waals surface area contributed by atoms with Crippen LogP contribution in [0.2, 0.25) is 0 Å². The van der Waals surface area contributed by atoms with Crippen molar-refractivity contribution in [3.63, 3.8) is 0 Å². The van der Waals surface area contributed by atoms with Gasteiger partial charge in [-0.1, -0.05) is 0 Å². The number of thiophene rings is 1. The quantitative estimate of drug-likeness (QED) is 0.438. The topological polar surface area (TPSA) is 104 Å². The first-order chi connectivity index (χ1) is 17.4. The van der Waals surface area contributed by atoms with E-state index < -0.39 is 11.6 Å². The number of nitrogen functional groups attached to an aromatic ring is 1. The van der Waals surface area contributed by atoms with Gasteiger partial charge in [-0.2, -0.15) is 5.26 Å². The van der Waals surface area contributed by atoms with Crippen molar-refractivity contribution >= 4 is 43.3 Å². The SMILES string of the molecule is CN(C)C[C@@H]1CCCN1c1ncc2c3c(c(-c4ncc(F)c5sc(N)c(C#N)c45)c(F)c2n1)COC3. The highest BCUT2D eigenvalue weighted by atomic mass is 32.1. The van der Waals surface area contributed by atoms with Gasteiger partial charge in [0.05, 0.1) is 35.4 Å². The first-order valence-electron chi connectivity index (χ1n) is 11.6. The maximum Gasteiger partial charge on any atom is 0.226 e. The highest BCUT2D eigenvalue weighted by Gasteiger charge is 2.32. The molecule has 0 unspecified atom stereocenters. The van der Waals surface area contributed by atoms with Gasteiger partial charge in [-0.25, -0.2) is 18.7 Å². The monoisotopic (exact) mass is 507 g/mol. The number of nitrogens with two attached hydrogens (primary N) is 1. The Balaban J connectivity index is 1.61. The molecule has 5 heterocycles. The van der Waals surface area contributed by atoms with E-state index in [1.54, 1.807) is 6.20 Å². The number of halogens is 2. The average Bonchev–Trinajstić information content (AvgIpc) is 3.59. The molecule has 3 aromatic heterocycles. The second kappa shape index (κ2) is 8.58. The number of ether oxygens (including phenoxy) is 1. The molecular formula is C25H23F2N7OS. The number of aromatic nitrogens is 3. The number of nitrogens with zero attached hydrogens (tertiary/aromatic N) is 6. The zero-order valence-electron chi connectivity index (χ0n) is 19.8. The fourth-order valence-corrected chi connectivity index (χ4v) is 6.31. The normalized spacial score (nSPS) is 17.4. The van der Waals surface area contributed by atoms with E-state index in [9.17, 15) is 9.65 Å². The third kappa shape index (κ3) is 3.40. The molecule has 36 heavy (non-hydrogen) atoms. The van der Waals surface area contributed by atoms with E-state index in [0.29, 0.717) is 16.9 Å². The number of nitriles is 1. The Morgan fingerprint density at radius 1 is 1.25 bits per heavy atom. The van der Waals surface area contributed by atoms with Crippen LogP contribution in [0.3, 0.4) is 0 Å². The van der Waals surface area contributed by atoms with Crippen LogP contribution in [-0.4, -0.2) is 53.1 Å². The van der Waals surface area contributed by atoms with Crippen molar-refractivity contribution in [3.05, 3.63) is 40.7 Å². The van der Waals surface area contributed by atoms with E-state index in [-0.39, 0.29) is 56.7 Å². The summed E-state index contributed by atoms with van der Waals surface area (Å²) in [6, 6.07) is 2.27. The molecule has 1 atom stereocenters. The van der Waals surface area contributed by atoms with Crippen LogP contribution in [0.1, 0.15) is 29.5 Å². The van der Waals surface area contributed by atoms with Crippen molar-refractivity contribution in [2.24, 2.45) is 0 Å². The molecule has 1 aromatic carbocycles. The fourth-order valence-electron chi connectivity index (χ4n) is 5.39. The summed E-state index contributed by atoms with van der Waals surface area (Å²) < 4.78 is 36.9. The molecule has 11 heteroatoms. The number of likely N-dealkylation sites (N-methyl/N-ethyl adjacent to an activating group) is 1. The third-order valence-corrected chi connectivity index (χ3v) is 7.97. The Kier molecular flexibility index (Phi) is 5.48. The molecule has 6 rings (SSSR count). The molecule has 4 aromatic rings. The number of rotatable bonds is 4. The summed E-state index contributed by atoms with van der Waals surface area (Å²) in [7, 11) is 4.05. The van der Waals surface area contributed by atoms with E-state index in [1.807, 2.05) is 20.2 Å². The Morgan fingerprint density at radius 2 is 2.06 bits per heavy atom. The zero-order chi connectivity index (χ0) is 25.1. The number of anilines is 2. The second-order valence-electron chi connectivity index (χ2n) is 9.43. The predicted molar refractivity (Wildman–Crippen MR) is 135 cm³/mol. The Hall–Kier alpha value is -3.46. The maximum atomic E-state index is 16.4. The van der Waals surface area contributed by atoms with Gasteiger partial charge in [-0.15, -0.1) is 11.3 Å². The largest absolute Gasteiger partial charge is 0.389 e. The molecule has 2 N–H and O–H groups in total. The molecule has 8 nitrogen and oxygen atoms in total. The minimum atomic E-state index is -0.605. The summed E-state index contributed by atoms with van der Waals surface area (Å²) in [5.41, 5.74) is 8.00. The number of benzene rings is 1. The molecule has 0 bridgehead atoms. The van der Waals surface area contributed by atoms with Gasteiger partial charge in [0.15, 0.2) is 11.6 Å². The highest BCUT2D eigenvalue weighted by Crippen LogP contribution is 2.45. The van der Waals surface area contributed by atoms with Crippen LogP contribution in [-0.2, 0) is 18.0 Å². The standard InChI is InChI=1S/C25H23F2N7OS/c1-33(2)9-12-4-3-5-34(12)25-31-7-14-15-10-35-11-16(15)18(20(27)21(14)32-25)22-19-13(6-28)24(29)36-23(19)17(26)8-30-22/h7-8,12H,3-5,9-11,29H2,1-2H3/t12-/m0/s1. The molecule has 0 amide bonds. The molecule has 0 aliphatic carbocycles. The molecule has 2 aliphatic heterocycles. The van der Waals surface area contributed by atoms with Crippen LogP contribution in [0.15, 0.2) is 12.4 Å². The summed E-state index contributed by atoms with van der Waals surface area (Å²) >= 11 is 0.956. The van der Waals surface area contributed by atoms with Crippen LogP contribution < -0.4 is 10.6 Å². The van der Waals surface area contributed by atoms with Crippen molar-refractivity contribution in [3.8, 4) is 17.3 Å². The lowest BCUT2D eigenvalue weighted by Crippen LogP contribution is -2.38. The van der Waals surface area contributed by atoms with Gasteiger partial charge in [0, 0.05) is 41.7 Å². The fraction of sp³-hybridized carbons (Fsp3) is 0.360. The van der Waals surface area contributed by atoms with Crippen molar-refractivity contribution in [1.29, 1.82) is 5.26 Å². The Morgan fingerprint density at radius 3 is 2.83 bits per heavy atom. The predicted octanol–water partition coefficient (Wildman–Crippen LogP) is 4.20. The Bertz CT molecular complexity index is 1580. The summed E-state index contributed by atoms with van der Waals surface area (Å²) in [4.78, 5) is 17.8. The van der Waals surface area contributed by atoms with E-state index in [2.05, 4.69) is 19.8 Å². The molecular weight excluding hydrogens is 484 g/mol. The summed E-state index contributed by atoms with van der Waals surface area (Å²) in [5, 5.41) is 10.7. The third-order valence-electron chi connectivity index (χ3n) is 6.94. The van der Waals surface area contributed by atoms with Crippen LogP contribution in [0, 0.1) is 23.0 Å². The number of fused-ring (bicyclic) bond motifs is 4. The lowest BCUT2D eigenvalue weighted by Gasteiger charge is -2.27. The average molecular weight is 508 g/mol. The Labute approximate surface area is 209 Å². The van der Waals surface area contributed by atoms with Crippen LogP contribution >= 0.6 is 11.3 Å². The summed E-state index contributed by atoms with van der Waals surface area (Å²) in [5.74, 6) is -0.716. The first-order valence-corrected chi connectivity index (χ1v) is 12.5. The minimum absolute atomic E-state index is 0.0936. The molecule has 1 fully saturated rings. The molecule has 0 radical (unpaired) electrons. The molecule has 184 valence electrons. The van der Waals surface area contributed by atoms with Crippen molar-refractivity contribution in [2.45, 2.75) is 32.1 Å². The lowest BCUT2D eigenvalue weighted by atomic mass is 9.94. The van der Waals surface area contributed by atoms with E-state index in [0.717, 1.165) is 49.0 Å². The maximum absolute atomic E-state index is 16.4. The smallest absolute Gasteiger partial charge is 0.226 e. The summed E-state index contributed by atoms with van der Waals surface area (Å²) in [6.07, 6.45) is 4.74. The van der Waals surface area contributed by atoms with Crippen LogP contribution in [0.5, 0.6) is 0 Å². The van der Waals surface area contributed by atoms with Crippen molar-refractivity contribution in [1.82, 2.24) is 19.9 Å². The molecule has 2 aliphatic rings.